The van der Waals surface area contributed by atoms with Crippen molar-refractivity contribution in [2.75, 3.05) is 12.0 Å². The number of fused-ring (bicyclic) bond motifs is 1. The number of thiophene rings is 1. The maximum atomic E-state index is 9.04. The van der Waals surface area contributed by atoms with Gasteiger partial charge in [-0.25, -0.2) is 15.8 Å². The second-order valence-electron chi connectivity index (χ2n) is 3.25. The van der Waals surface area contributed by atoms with Crippen LogP contribution in [0.3, 0.4) is 0 Å². The molecule has 0 aliphatic rings. The fourth-order valence-electron chi connectivity index (χ4n) is 1.21. The Morgan fingerprint density at radius 2 is 2.44 bits per heavy atom. The first-order valence-corrected chi connectivity index (χ1v) is 6.50. The average Bonchev–Trinajstić information content (AvgIpc) is 2.76. The molecule has 0 aliphatic heterocycles. The lowest BCUT2D eigenvalue weighted by molar-refractivity contribution is 0.300. The molecule has 0 fully saturated rings. The molecule has 7 heteroatoms. The number of anilines is 1. The molecule has 0 saturated carbocycles. The quantitative estimate of drug-likeness (QED) is 0.332. The summed E-state index contributed by atoms with van der Waals surface area (Å²) in [5, 5.41) is 13.0. The molecule has 2 aromatic rings. The number of aromatic nitrogens is 2. The van der Waals surface area contributed by atoms with Crippen LogP contribution in [0, 0.1) is 0 Å². The number of hydrazine groups is 1. The van der Waals surface area contributed by atoms with Crippen LogP contribution in [0.25, 0.3) is 10.2 Å². The van der Waals surface area contributed by atoms with Crippen molar-refractivity contribution in [2.24, 2.45) is 5.84 Å². The fourth-order valence-corrected chi connectivity index (χ4v) is 2.93. The van der Waals surface area contributed by atoms with Crippen LogP contribution in [0.15, 0.2) is 16.5 Å². The Balaban J connectivity index is 2.44. The van der Waals surface area contributed by atoms with Gasteiger partial charge in [0.05, 0.1) is 6.61 Å². The van der Waals surface area contributed by atoms with E-state index >= 15 is 0 Å². The third-order valence-corrected chi connectivity index (χ3v) is 3.88. The van der Waals surface area contributed by atoms with Crippen molar-refractivity contribution in [1.82, 2.24) is 9.97 Å². The van der Waals surface area contributed by atoms with Crippen LogP contribution < -0.4 is 11.3 Å². The zero-order valence-electron chi connectivity index (χ0n) is 8.67. The molecule has 4 N–H and O–H groups in total. The van der Waals surface area contributed by atoms with Gasteiger partial charge in [-0.2, -0.15) is 0 Å². The number of hydrogen-bond donors (Lipinski definition) is 3. The van der Waals surface area contributed by atoms with Gasteiger partial charge in [0, 0.05) is 10.6 Å². The maximum Gasteiger partial charge on any atom is 0.239 e. The number of rotatable bonds is 4. The van der Waals surface area contributed by atoms with Crippen LogP contribution in [0.4, 0.5) is 5.95 Å². The number of thioether (sulfide) groups is 1. The lowest BCUT2D eigenvalue weighted by atomic mass is 10.4. The van der Waals surface area contributed by atoms with Crippen LogP contribution >= 0.6 is 23.1 Å². The minimum Gasteiger partial charge on any atom is -0.395 e. The van der Waals surface area contributed by atoms with E-state index in [1.54, 1.807) is 11.3 Å². The van der Waals surface area contributed by atoms with E-state index in [4.69, 9.17) is 10.9 Å². The van der Waals surface area contributed by atoms with E-state index in [0.29, 0.717) is 5.95 Å². The second kappa shape index (κ2) is 4.96. The molecule has 0 aliphatic carbocycles. The smallest absolute Gasteiger partial charge is 0.239 e. The predicted octanol–water partition coefficient (Wildman–Crippen LogP) is 1.45. The van der Waals surface area contributed by atoms with Crippen molar-refractivity contribution in [3.05, 3.63) is 11.4 Å². The average molecular weight is 256 g/mol. The lowest BCUT2D eigenvalue weighted by Gasteiger charge is -2.08. The highest BCUT2D eigenvalue weighted by Gasteiger charge is 2.11. The highest BCUT2D eigenvalue weighted by atomic mass is 32.2. The summed E-state index contributed by atoms with van der Waals surface area (Å²) in [6, 6.07) is 1.98. The summed E-state index contributed by atoms with van der Waals surface area (Å²) in [5.41, 5.74) is 2.45. The van der Waals surface area contributed by atoms with Crippen molar-refractivity contribution < 1.29 is 5.11 Å². The number of nitrogens with two attached hydrogens (primary N) is 1. The molecule has 1 atom stereocenters. The predicted molar refractivity (Wildman–Crippen MR) is 67.6 cm³/mol. The summed E-state index contributed by atoms with van der Waals surface area (Å²) in [6.07, 6.45) is 0. The minimum absolute atomic E-state index is 0.101. The Kier molecular flexibility index (Phi) is 3.59. The summed E-state index contributed by atoms with van der Waals surface area (Å²) >= 11 is 3.06. The van der Waals surface area contributed by atoms with E-state index in [2.05, 4.69) is 15.4 Å². The number of hydrogen-bond acceptors (Lipinski definition) is 7. The summed E-state index contributed by atoms with van der Waals surface area (Å²) in [6.45, 7) is 2.06. The molecule has 0 bridgehead atoms. The molecule has 0 saturated heterocycles. The molecule has 1 unspecified atom stereocenters. The third kappa shape index (κ3) is 2.27. The van der Waals surface area contributed by atoms with Crippen molar-refractivity contribution in [1.29, 1.82) is 0 Å². The van der Waals surface area contributed by atoms with Gasteiger partial charge in [-0.1, -0.05) is 6.92 Å². The SMILES string of the molecule is CC(CO)Sc1nc(NN)nc2sccc12. The zero-order valence-corrected chi connectivity index (χ0v) is 10.3. The molecule has 2 heterocycles. The lowest BCUT2D eigenvalue weighted by Crippen LogP contribution is -2.11. The van der Waals surface area contributed by atoms with Crippen molar-refractivity contribution in [3.8, 4) is 0 Å². The fraction of sp³-hybridized carbons (Fsp3) is 0.333. The largest absolute Gasteiger partial charge is 0.395 e. The van der Waals surface area contributed by atoms with Gasteiger partial charge in [0.1, 0.15) is 9.86 Å². The van der Waals surface area contributed by atoms with Gasteiger partial charge in [-0.3, -0.25) is 5.43 Å². The number of nitrogens with zero attached hydrogens (tertiary/aromatic N) is 2. The number of nitrogen functional groups attached to an aromatic ring is 1. The highest BCUT2D eigenvalue weighted by Crippen LogP contribution is 2.31. The Morgan fingerprint density at radius 1 is 1.62 bits per heavy atom. The zero-order chi connectivity index (χ0) is 11.5. The molecule has 0 amide bonds. The van der Waals surface area contributed by atoms with E-state index < -0.39 is 0 Å². The monoisotopic (exact) mass is 256 g/mol. The van der Waals surface area contributed by atoms with E-state index in [9.17, 15) is 0 Å². The Hall–Kier alpha value is -0.890. The number of aliphatic hydroxyl groups excluding tert-OH is 1. The Labute approximate surface area is 101 Å². The van der Waals surface area contributed by atoms with Crippen molar-refractivity contribution in [3.63, 3.8) is 0 Å². The molecule has 86 valence electrons. The first-order chi connectivity index (χ1) is 7.74. The Bertz CT molecular complexity index is 487. The summed E-state index contributed by atoms with van der Waals surface area (Å²) in [4.78, 5) is 9.43. The van der Waals surface area contributed by atoms with Crippen LogP contribution in [0.2, 0.25) is 0 Å². The normalized spacial score (nSPS) is 12.9. The molecular weight excluding hydrogens is 244 g/mol. The summed E-state index contributed by atoms with van der Waals surface area (Å²) < 4.78 is 0. The van der Waals surface area contributed by atoms with E-state index in [1.165, 1.54) is 11.8 Å². The molecule has 2 aromatic heterocycles. The third-order valence-electron chi connectivity index (χ3n) is 1.99. The van der Waals surface area contributed by atoms with Crippen LogP contribution in [0.1, 0.15) is 6.92 Å². The molecule has 16 heavy (non-hydrogen) atoms. The van der Waals surface area contributed by atoms with E-state index in [0.717, 1.165) is 15.2 Å². The number of aliphatic hydroxyl groups is 1. The molecule has 5 nitrogen and oxygen atoms in total. The minimum atomic E-state index is 0.101. The van der Waals surface area contributed by atoms with Gasteiger partial charge in [-0.05, 0) is 11.4 Å². The summed E-state index contributed by atoms with van der Waals surface area (Å²) in [7, 11) is 0. The first kappa shape index (κ1) is 11.6. The van der Waals surface area contributed by atoms with Crippen molar-refractivity contribution >= 4 is 39.3 Å². The van der Waals surface area contributed by atoms with E-state index in [-0.39, 0.29) is 11.9 Å². The number of nitrogens with one attached hydrogen (secondary N) is 1. The molecular formula is C9H12N4OS2. The molecule has 2 rings (SSSR count). The topological polar surface area (TPSA) is 84.1 Å². The van der Waals surface area contributed by atoms with Crippen LogP contribution in [-0.2, 0) is 0 Å². The van der Waals surface area contributed by atoms with Gasteiger partial charge in [0.15, 0.2) is 0 Å². The standard InChI is InChI=1S/C9H12N4OS2/c1-5(4-14)16-8-6-2-3-15-7(6)11-9(12-8)13-10/h2-3,5,14H,4,10H2,1H3,(H,11,12,13). The van der Waals surface area contributed by atoms with Gasteiger partial charge in [0.2, 0.25) is 5.95 Å². The van der Waals surface area contributed by atoms with Gasteiger partial charge < -0.3 is 5.11 Å². The summed E-state index contributed by atoms with van der Waals surface area (Å²) in [5.74, 6) is 5.72. The molecule has 0 radical (unpaired) electrons. The first-order valence-electron chi connectivity index (χ1n) is 4.74. The van der Waals surface area contributed by atoms with E-state index in [1.807, 2.05) is 18.4 Å². The van der Waals surface area contributed by atoms with Gasteiger partial charge >= 0.3 is 0 Å². The molecule has 0 aromatic carbocycles. The van der Waals surface area contributed by atoms with Gasteiger partial charge in [-0.15, -0.1) is 23.1 Å². The van der Waals surface area contributed by atoms with Crippen LogP contribution in [0.5, 0.6) is 0 Å². The van der Waals surface area contributed by atoms with Gasteiger partial charge in [0.25, 0.3) is 0 Å². The van der Waals surface area contributed by atoms with Crippen molar-refractivity contribution in [2.45, 2.75) is 17.2 Å². The molecule has 0 spiro atoms. The second-order valence-corrected chi connectivity index (χ2v) is 5.57. The van der Waals surface area contributed by atoms with Crippen LogP contribution in [-0.4, -0.2) is 26.9 Å². The maximum absolute atomic E-state index is 9.04. The highest BCUT2D eigenvalue weighted by molar-refractivity contribution is 8.00. The Morgan fingerprint density at radius 3 is 3.12 bits per heavy atom.